The number of imidazole rings is 1. The molecule has 8 nitrogen and oxygen atoms in total. The van der Waals surface area contributed by atoms with Crippen molar-refractivity contribution in [2.45, 2.75) is 24.7 Å². The fraction of sp³-hybridized carbons (Fsp3) is 0.545. The maximum atomic E-state index is 10.1. The van der Waals surface area contributed by atoms with Crippen molar-refractivity contribution in [1.29, 1.82) is 0 Å². The third-order valence-electron chi connectivity index (χ3n) is 3.76. The molecule has 1 saturated carbocycles. The summed E-state index contributed by atoms with van der Waals surface area (Å²) in [6, 6.07) is -0.447. The van der Waals surface area contributed by atoms with Gasteiger partial charge < -0.3 is 25.6 Å². The number of fused-ring (bicyclic) bond motifs is 1. The molecule has 0 radical (unpaired) electrons. The monoisotopic (exact) mass is 299 g/mol. The van der Waals surface area contributed by atoms with E-state index in [9.17, 15) is 15.3 Å². The van der Waals surface area contributed by atoms with Crippen LogP contribution in [0.15, 0.2) is 6.33 Å². The summed E-state index contributed by atoms with van der Waals surface area (Å²) >= 11 is 5.94. The number of anilines is 1. The molecular weight excluding hydrogens is 286 g/mol. The van der Waals surface area contributed by atoms with Crippen LogP contribution in [0.5, 0.6) is 0 Å². The molecule has 2 heterocycles. The van der Waals surface area contributed by atoms with Gasteiger partial charge in [0.15, 0.2) is 10.8 Å². The van der Waals surface area contributed by atoms with Crippen molar-refractivity contribution in [3.8, 4) is 0 Å². The van der Waals surface area contributed by atoms with Crippen LogP contribution in [0.25, 0.3) is 11.2 Å². The second kappa shape index (κ2) is 4.81. The van der Waals surface area contributed by atoms with E-state index < -0.39 is 18.2 Å². The minimum absolute atomic E-state index is 0.0102. The van der Waals surface area contributed by atoms with Gasteiger partial charge in [-0.2, -0.15) is 9.97 Å². The van der Waals surface area contributed by atoms with Gasteiger partial charge >= 0.3 is 0 Å². The quantitative estimate of drug-likeness (QED) is 0.541. The van der Waals surface area contributed by atoms with Crippen LogP contribution in [-0.4, -0.2) is 53.7 Å². The van der Waals surface area contributed by atoms with Crippen LogP contribution < -0.4 is 5.73 Å². The SMILES string of the molecule is Nc1nc(Cl)c2ncn([C@@H]3C[C@H](CO)[C@H](O)[C@H]3O)c2n1. The van der Waals surface area contributed by atoms with Crippen molar-refractivity contribution in [2.24, 2.45) is 5.92 Å². The van der Waals surface area contributed by atoms with E-state index in [-0.39, 0.29) is 23.6 Å². The Labute approximate surface area is 118 Å². The van der Waals surface area contributed by atoms with Gasteiger partial charge in [0.1, 0.15) is 11.6 Å². The van der Waals surface area contributed by atoms with Gasteiger partial charge in [-0.15, -0.1) is 0 Å². The molecule has 0 saturated heterocycles. The molecule has 108 valence electrons. The molecule has 0 aromatic carbocycles. The molecule has 1 aliphatic rings. The third kappa shape index (κ3) is 1.92. The Bertz CT molecular complexity index is 648. The zero-order valence-electron chi connectivity index (χ0n) is 10.4. The number of aromatic nitrogens is 4. The van der Waals surface area contributed by atoms with Crippen molar-refractivity contribution in [3.05, 3.63) is 11.5 Å². The van der Waals surface area contributed by atoms with Crippen LogP contribution in [0.4, 0.5) is 5.95 Å². The predicted octanol–water partition coefficient (Wildman–Crippen LogP) is -0.663. The van der Waals surface area contributed by atoms with Crippen molar-refractivity contribution in [1.82, 2.24) is 19.5 Å². The smallest absolute Gasteiger partial charge is 0.223 e. The Morgan fingerprint density at radius 2 is 2.10 bits per heavy atom. The van der Waals surface area contributed by atoms with E-state index in [1.54, 1.807) is 4.57 Å². The highest BCUT2D eigenvalue weighted by atomic mass is 35.5. The zero-order valence-corrected chi connectivity index (χ0v) is 11.1. The molecule has 0 unspecified atom stereocenters. The summed E-state index contributed by atoms with van der Waals surface area (Å²) in [5.41, 5.74) is 6.35. The van der Waals surface area contributed by atoms with Gasteiger partial charge in [-0.3, -0.25) is 0 Å². The van der Waals surface area contributed by atoms with E-state index in [2.05, 4.69) is 15.0 Å². The summed E-state index contributed by atoms with van der Waals surface area (Å²) in [4.78, 5) is 12.0. The maximum Gasteiger partial charge on any atom is 0.223 e. The molecule has 1 aliphatic carbocycles. The number of nitrogens with two attached hydrogens (primary N) is 1. The summed E-state index contributed by atoms with van der Waals surface area (Å²) in [5.74, 6) is -0.377. The third-order valence-corrected chi connectivity index (χ3v) is 4.02. The number of aliphatic hydroxyl groups is 3. The number of nitrogen functional groups attached to an aromatic ring is 1. The molecule has 2 aromatic rings. The molecular formula is C11H14ClN5O3. The van der Waals surface area contributed by atoms with Crippen LogP contribution in [0, 0.1) is 5.92 Å². The lowest BCUT2D eigenvalue weighted by atomic mass is 10.1. The lowest BCUT2D eigenvalue weighted by Crippen LogP contribution is -2.30. The average molecular weight is 300 g/mol. The standard InChI is InChI=1S/C11H14ClN5O3/c12-9-6-10(16-11(13)15-9)17(3-14-6)5-1-4(2-18)7(19)8(5)20/h3-5,7-8,18-20H,1-2H2,(H2,13,15,16)/t4-,5-,7+,8+/m1/s1. The van der Waals surface area contributed by atoms with E-state index in [1.807, 2.05) is 0 Å². The van der Waals surface area contributed by atoms with E-state index in [4.69, 9.17) is 17.3 Å². The van der Waals surface area contributed by atoms with Crippen molar-refractivity contribution >= 4 is 28.7 Å². The van der Waals surface area contributed by atoms with Crippen molar-refractivity contribution in [2.75, 3.05) is 12.3 Å². The Hall–Kier alpha value is -1.48. The second-order valence-corrected chi connectivity index (χ2v) is 5.28. The molecule has 0 bridgehead atoms. The number of hydrogen-bond acceptors (Lipinski definition) is 7. The first-order valence-corrected chi connectivity index (χ1v) is 6.53. The highest BCUT2D eigenvalue weighted by Gasteiger charge is 2.42. The molecule has 1 fully saturated rings. The summed E-state index contributed by atoms with van der Waals surface area (Å²) < 4.78 is 1.61. The van der Waals surface area contributed by atoms with E-state index in [1.165, 1.54) is 6.33 Å². The summed E-state index contributed by atoms with van der Waals surface area (Å²) in [6.07, 6.45) is -0.117. The van der Waals surface area contributed by atoms with Crippen molar-refractivity contribution in [3.63, 3.8) is 0 Å². The number of rotatable bonds is 2. The van der Waals surface area contributed by atoms with Crippen LogP contribution in [0.1, 0.15) is 12.5 Å². The normalized spacial score (nSPS) is 30.2. The lowest BCUT2D eigenvalue weighted by molar-refractivity contribution is -0.00370. The van der Waals surface area contributed by atoms with Crippen molar-refractivity contribution < 1.29 is 15.3 Å². The van der Waals surface area contributed by atoms with E-state index in [0.29, 0.717) is 17.6 Å². The number of halogens is 1. The first-order chi connectivity index (χ1) is 9.52. The second-order valence-electron chi connectivity index (χ2n) is 4.92. The van der Waals surface area contributed by atoms with Gasteiger partial charge in [0.05, 0.1) is 18.5 Å². The zero-order chi connectivity index (χ0) is 14.4. The van der Waals surface area contributed by atoms with Gasteiger partial charge in [0.25, 0.3) is 0 Å². The molecule has 0 spiro atoms. The molecule has 2 aromatic heterocycles. The molecule has 5 N–H and O–H groups in total. The van der Waals surface area contributed by atoms with Gasteiger partial charge in [-0.1, -0.05) is 11.6 Å². The molecule has 3 rings (SSSR count). The molecule has 9 heteroatoms. The summed E-state index contributed by atoms with van der Waals surface area (Å²) in [6.45, 7) is -0.195. The predicted molar refractivity (Wildman–Crippen MR) is 71.0 cm³/mol. The molecule has 0 aliphatic heterocycles. The molecule has 0 amide bonds. The minimum atomic E-state index is -1.01. The summed E-state index contributed by atoms with van der Waals surface area (Å²) in [7, 11) is 0. The topological polar surface area (TPSA) is 130 Å². The Morgan fingerprint density at radius 1 is 1.35 bits per heavy atom. The van der Waals surface area contributed by atoms with Gasteiger partial charge in [-0.25, -0.2) is 4.98 Å². The lowest BCUT2D eigenvalue weighted by Gasteiger charge is -2.18. The highest BCUT2D eigenvalue weighted by Crippen LogP contribution is 2.37. The Morgan fingerprint density at radius 3 is 2.75 bits per heavy atom. The first kappa shape index (κ1) is 13.5. The fourth-order valence-electron chi connectivity index (χ4n) is 2.70. The Balaban J connectivity index is 2.07. The van der Waals surface area contributed by atoms with Gasteiger partial charge in [0, 0.05) is 12.5 Å². The van der Waals surface area contributed by atoms with E-state index >= 15 is 0 Å². The largest absolute Gasteiger partial charge is 0.396 e. The number of nitrogens with zero attached hydrogens (tertiary/aromatic N) is 4. The van der Waals surface area contributed by atoms with Crippen LogP contribution in [0.2, 0.25) is 5.15 Å². The average Bonchev–Trinajstić information content (AvgIpc) is 2.93. The van der Waals surface area contributed by atoms with Crippen LogP contribution in [-0.2, 0) is 0 Å². The van der Waals surface area contributed by atoms with Gasteiger partial charge in [0.2, 0.25) is 5.95 Å². The fourth-order valence-corrected chi connectivity index (χ4v) is 2.92. The number of aliphatic hydroxyl groups excluding tert-OH is 3. The Kier molecular flexibility index (Phi) is 3.25. The first-order valence-electron chi connectivity index (χ1n) is 6.15. The molecule has 20 heavy (non-hydrogen) atoms. The number of hydrogen-bond donors (Lipinski definition) is 4. The maximum absolute atomic E-state index is 10.1. The van der Waals surface area contributed by atoms with Crippen LogP contribution in [0.3, 0.4) is 0 Å². The minimum Gasteiger partial charge on any atom is -0.396 e. The molecule has 4 atom stereocenters. The van der Waals surface area contributed by atoms with Gasteiger partial charge in [-0.05, 0) is 6.42 Å². The van der Waals surface area contributed by atoms with Crippen LogP contribution >= 0.6 is 11.6 Å². The van der Waals surface area contributed by atoms with E-state index in [0.717, 1.165) is 0 Å². The highest BCUT2D eigenvalue weighted by molar-refractivity contribution is 6.33. The summed E-state index contributed by atoms with van der Waals surface area (Å²) in [5, 5.41) is 29.3.